The van der Waals surface area contributed by atoms with Crippen LogP contribution in [-0.4, -0.2) is 18.9 Å². The van der Waals surface area contributed by atoms with E-state index in [4.69, 9.17) is 0 Å². The van der Waals surface area contributed by atoms with Crippen LogP contribution < -0.4 is 10.2 Å². The van der Waals surface area contributed by atoms with E-state index in [2.05, 4.69) is 5.32 Å². The SMILES string of the molecule is Cc1ccc(NC(=O)C(C)(C)C(=O)N(C)c2ccccc2)cc1. The van der Waals surface area contributed by atoms with Gasteiger partial charge in [-0.25, -0.2) is 0 Å². The van der Waals surface area contributed by atoms with E-state index in [1.807, 2.05) is 61.5 Å². The molecule has 0 aliphatic carbocycles. The van der Waals surface area contributed by atoms with Gasteiger partial charge in [0.05, 0.1) is 0 Å². The Morgan fingerprint density at radius 1 is 0.957 bits per heavy atom. The highest BCUT2D eigenvalue weighted by molar-refractivity contribution is 6.14. The second-order valence-corrected chi connectivity index (χ2v) is 6.14. The van der Waals surface area contributed by atoms with Crippen molar-refractivity contribution in [3.63, 3.8) is 0 Å². The maximum atomic E-state index is 12.7. The summed E-state index contributed by atoms with van der Waals surface area (Å²) < 4.78 is 0. The topological polar surface area (TPSA) is 49.4 Å². The summed E-state index contributed by atoms with van der Waals surface area (Å²) in [4.78, 5) is 26.8. The monoisotopic (exact) mass is 310 g/mol. The zero-order chi connectivity index (χ0) is 17.0. The van der Waals surface area contributed by atoms with E-state index >= 15 is 0 Å². The van der Waals surface area contributed by atoms with Crippen LogP contribution in [0.1, 0.15) is 19.4 Å². The first-order valence-corrected chi connectivity index (χ1v) is 7.53. The Labute approximate surface area is 137 Å². The van der Waals surface area contributed by atoms with E-state index in [0.717, 1.165) is 11.3 Å². The van der Waals surface area contributed by atoms with E-state index in [-0.39, 0.29) is 11.8 Å². The van der Waals surface area contributed by atoms with Crippen molar-refractivity contribution < 1.29 is 9.59 Å². The molecule has 0 bridgehead atoms. The number of hydrogen-bond donors (Lipinski definition) is 1. The van der Waals surface area contributed by atoms with Gasteiger partial charge in [-0.05, 0) is 45.0 Å². The number of anilines is 2. The van der Waals surface area contributed by atoms with E-state index in [9.17, 15) is 9.59 Å². The number of carbonyl (C=O) groups excluding carboxylic acids is 2. The highest BCUT2D eigenvalue weighted by atomic mass is 16.2. The Kier molecular flexibility index (Phi) is 4.84. The van der Waals surface area contributed by atoms with Gasteiger partial charge in [0, 0.05) is 18.4 Å². The van der Waals surface area contributed by atoms with Gasteiger partial charge in [-0.15, -0.1) is 0 Å². The van der Waals surface area contributed by atoms with Crippen LogP contribution in [0.25, 0.3) is 0 Å². The van der Waals surface area contributed by atoms with Crippen molar-refractivity contribution in [1.29, 1.82) is 0 Å². The van der Waals surface area contributed by atoms with Gasteiger partial charge in [-0.3, -0.25) is 9.59 Å². The van der Waals surface area contributed by atoms with Crippen molar-refractivity contribution in [3.8, 4) is 0 Å². The van der Waals surface area contributed by atoms with E-state index in [0.29, 0.717) is 5.69 Å². The van der Waals surface area contributed by atoms with Gasteiger partial charge in [-0.1, -0.05) is 35.9 Å². The number of carbonyl (C=O) groups is 2. The minimum absolute atomic E-state index is 0.256. The number of aryl methyl sites for hydroxylation is 1. The normalized spacial score (nSPS) is 11.0. The molecular formula is C19H22N2O2. The third-order valence-corrected chi connectivity index (χ3v) is 3.86. The highest BCUT2D eigenvalue weighted by Crippen LogP contribution is 2.24. The predicted molar refractivity (Wildman–Crippen MR) is 93.4 cm³/mol. The molecule has 2 aromatic rings. The molecule has 0 fully saturated rings. The molecule has 0 saturated heterocycles. The molecule has 0 atom stereocenters. The van der Waals surface area contributed by atoms with Gasteiger partial charge in [0.1, 0.15) is 5.41 Å². The average molecular weight is 310 g/mol. The lowest BCUT2D eigenvalue weighted by molar-refractivity contribution is -0.136. The van der Waals surface area contributed by atoms with Crippen molar-refractivity contribution >= 4 is 23.2 Å². The Bertz CT molecular complexity index is 691. The lowest BCUT2D eigenvalue weighted by atomic mass is 9.90. The average Bonchev–Trinajstić information content (AvgIpc) is 2.56. The Morgan fingerprint density at radius 2 is 1.52 bits per heavy atom. The maximum absolute atomic E-state index is 12.7. The van der Waals surface area contributed by atoms with Crippen LogP contribution in [0, 0.1) is 12.3 Å². The molecule has 0 aromatic heterocycles. The maximum Gasteiger partial charge on any atom is 0.241 e. The van der Waals surface area contributed by atoms with Gasteiger partial charge in [-0.2, -0.15) is 0 Å². The summed E-state index contributed by atoms with van der Waals surface area (Å²) in [6.45, 7) is 5.25. The Morgan fingerprint density at radius 3 is 2.09 bits per heavy atom. The van der Waals surface area contributed by atoms with Crippen LogP contribution in [0.4, 0.5) is 11.4 Å². The number of nitrogens with one attached hydrogen (secondary N) is 1. The van der Waals surface area contributed by atoms with Crippen molar-refractivity contribution in [2.75, 3.05) is 17.3 Å². The summed E-state index contributed by atoms with van der Waals surface area (Å²) in [5.74, 6) is -0.581. The molecule has 0 aliphatic rings. The van der Waals surface area contributed by atoms with Crippen LogP contribution in [-0.2, 0) is 9.59 Å². The van der Waals surface area contributed by atoms with Gasteiger partial charge >= 0.3 is 0 Å². The standard InChI is InChI=1S/C19H22N2O2/c1-14-10-12-15(13-11-14)20-17(22)19(2,3)18(23)21(4)16-8-6-5-7-9-16/h5-13H,1-4H3,(H,20,22). The minimum atomic E-state index is -1.17. The molecule has 0 saturated carbocycles. The molecule has 23 heavy (non-hydrogen) atoms. The molecule has 0 radical (unpaired) electrons. The quantitative estimate of drug-likeness (QED) is 0.877. The number of para-hydroxylation sites is 1. The van der Waals surface area contributed by atoms with Gasteiger partial charge in [0.2, 0.25) is 11.8 Å². The van der Waals surface area contributed by atoms with Crippen molar-refractivity contribution in [3.05, 3.63) is 60.2 Å². The van der Waals surface area contributed by atoms with Crippen LogP contribution in [0.3, 0.4) is 0 Å². The van der Waals surface area contributed by atoms with Crippen molar-refractivity contribution in [2.45, 2.75) is 20.8 Å². The van der Waals surface area contributed by atoms with Crippen LogP contribution in [0.2, 0.25) is 0 Å². The molecule has 2 aromatic carbocycles. The fourth-order valence-electron chi connectivity index (χ4n) is 2.21. The summed E-state index contributed by atoms with van der Waals surface area (Å²) in [7, 11) is 1.68. The fourth-order valence-corrected chi connectivity index (χ4v) is 2.21. The minimum Gasteiger partial charge on any atom is -0.325 e. The summed E-state index contributed by atoms with van der Waals surface area (Å²) in [5, 5.41) is 2.81. The number of hydrogen-bond acceptors (Lipinski definition) is 2. The fraction of sp³-hybridized carbons (Fsp3) is 0.263. The summed E-state index contributed by atoms with van der Waals surface area (Å²) in [6, 6.07) is 16.8. The van der Waals surface area contributed by atoms with E-state index in [1.165, 1.54) is 4.90 Å². The number of benzene rings is 2. The molecule has 4 nitrogen and oxygen atoms in total. The van der Waals surface area contributed by atoms with Gasteiger partial charge in [0.15, 0.2) is 0 Å². The van der Waals surface area contributed by atoms with Gasteiger partial charge in [0.25, 0.3) is 0 Å². The number of rotatable bonds is 4. The molecular weight excluding hydrogens is 288 g/mol. The second-order valence-electron chi connectivity index (χ2n) is 6.14. The molecule has 4 heteroatoms. The van der Waals surface area contributed by atoms with Crippen LogP contribution in [0.15, 0.2) is 54.6 Å². The molecule has 0 unspecified atom stereocenters. The van der Waals surface area contributed by atoms with Crippen LogP contribution >= 0.6 is 0 Å². The van der Waals surface area contributed by atoms with Crippen molar-refractivity contribution in [1.82, 2.24) is 0 Å². The third-order valence-electron chi connectivity index (χ3n) is 3.86. The lowest BCUT2D eigenvalue weighted by Gasteiger charge is -2.28. The Hall–Kier alpha value is -2.62. The molecule has 2 rings (SSSR count). The molecule has 0 spiro atoms. The first kappa shape index (κ1) is 16.7. The first-order valence-electron chi connectivity index (χ1n) is 7.53. The zero-order valence-corrected chi connectivity index (χ0v) is 14.0. The molecule has 1 N–H and O–H groups in total. The largest absolute Gasteiger partial charge is 0.325 e. The van der Waals surface area contributed by atoms with E-state index in [1.54, 1.807) is 20.9 Å². The smallest absolute Gasteiger partial charge is 0.241 e. The molecule has 120 valence electrons. The first-order chi connectivity index (χ1) is 10.8. The lowest BCUT2D eigenvalue weighted by Crippen LogP contribution is -2.46. The highest BCUT2D eigenvalue weighted by Gasteiger charge is 2.38. The summed E-state index contributed by atoms with van der Waals surface area (Å²) in [5.41, 5.74) is 1.38. The Balaban J connectivity index is 2.14. The molecule has 2 amide bonds. The van der Waals surface area contributed by atoms with E-state index < -0.39 is 5.41 Å². The van der Waals surface area contributed by atoms with Gasteiger partial charge < -0.3 is 10.2 Å². The van der Waals surface area contributed by atoms with Crippen LogP contribution in [0.5, 0.6) is 0 Å². The number of amides is 2. The van der Waals surface area contributed by atoms with Crippen molar-refractivity contribution in [2.24, 2.45) is 5.41 Å². The summed E-state index contributed by atoms with van der Waals surface area (Å²) >= 11 is 0. The second kappa shape index (κ2) is 6.65. The molecule has 0 heterocycles. The molecule has 0 aliphatic heterocycles. The summed E-state index contributed by atoms with van der Waals surface area (Å²) in [6.07, 6.45) is 0. The third kappa shape index (κ3) is 3.77. The predicted octanol–water partition coefficient (Wildman–Crippen LogP) is 3.62. The zero-order valence-electron chi connectivity index (χ0n) is 14.0. The number of nitrogens with zero attached hydrogens (tertiary/aromatic N) is 1.